The molecule has 0 saturated heterocycles. The van der Waals surface area contributed by atoms with Crippen LogP contribution in [0.25, 0.3) is 0 Å². The molecule has 6 heteroatoms. The number of halogens is 1. The Kier molecular flexibility index (Phi) is 3.72. The summed E-state index contributed by atoms with van der Waals surface area (Å²) in [6, 6.07) is 5.94. The van der Waals surface area contributed by atoms with E-state index in [1.165, 1.54) is 24.5 Å². The number of nitrogen functional groups attached to an aromatic ring is 1. The summed E-state index contributed by atoms with van der Waals surface area (Å²) >= 11 is 0. The van der Waals surface area contributed by atoms with Crippen LogP contribution < -0.4 is 16.6 Å². The third-order valence-electron chi connectivity index (χ3n) is 2.64. The highest BCUT2D eigenvalue weighted by atomic mass is 19.1. The van der Waals surface area contributed by atoms with E-state index in [9.17, 15) is 9.18 Å². The predicted molar refractivity (Wildman–Crippen MR) is 71.1 cm³/mol. The first-order valence-electron chi connectivity index (χ1n) is 5.60. The molecule has 0 aliphatic heterocycles. The minimum atomic E-state index is -0.368. The van der Waals surface area contributed by atoms with Crippen molar-refractivity contribution in [3.63, 3.8) is 0 Å². The van der Waals surface area contributed by atoms with E-state index in [1.54, 1.807) is 19.1 Å². The number of amides is 1. The lowest BCUT2D eigenvalue weighted by atomic mass is 10.2. The van der Waals surface area contributed by atoms with Crippen LogP contribution >= 0.6 is 0 Å². The van der Waals surface area contributed by atoms with Gasteiger partial charge in [0.05, 0.1) is 11.3 Å². The molecule has 0 radical (unpaired) electrons. The van der Waals surface area contributed by atoms with Gasteiger partial charge in [0.2, 0.25) is 0 Å². The highest BCUT2D eigenvalue weighted by Crippen LogP contribution is 2.17. The van der Waals surface area contributed by atoms with Crippen LogP contribution in [-0.4, -0.2) is 10.9 Å². The van der Waals surface area contributed by atoms with E-state index >= 15 is 0 Å². The van der Waals surface area contributed by atoms with E-state index in [0.29, 0.717) is 22.5 Å². The molecule has 2 rings (SSSR count). The van der Waals surface area contributed by atoms with Crippen molar-refractivity contribution in [3.05, 3.63) is 53.6 Å². The van der Waals surface area contributed by atoms with Gasteiger partial charge in [0.25, 0.3) is 5.91 Å². The number of hydrazine groups is 1. The van der Waals surface area contributed by atoms with Crippen molar-refractivity contribution >= 4 is 17.3 Å². The van der Waals surface area contributed by atoms with Crippen LogP contribution in [0.15, 0.2) is 36.7 Å². The zero-order valence-corrected chi connectivity index (χ0v) is 10.3. The van der Waals surface area contributed by atoms with Gasteiger partial charge in [-0.15, -0.1) is 0 Å². The van der Waals surface area contributed by atoms with Crippen LogP contribution in [0.2, 0.25) is 0 Å². The molecule has 0 atom stereocenters. The van der Waals surface area contributed by atoms with Gasteiger partial charge in [-0.2, -0.15) is 0 Å². The van der Waals surface area contributed by atoms with E-state index in [2.05, 4.69) is 15.7 Å². The first kappa shape index (κ1) is 13.0. The molecule has 0 aliphatic rings. The fourth-order valence-corrected chi connectivity index (χ4v) is 1.62. The van der Waals surface area contributed by atoms with Crippen molar-refractivity contribution in [2.75, 3.05) is 10.7 Å². The second-order valence-corrected chi connectivity index (χ2v) is 3.98. The Bertz CT molecular complexity index is 615. The largest absolute Gasteiger partial charge is 0.323 e. The van der Waals surface area contributed by atoms with Crippen molar-refractivity contribution in [2.24, 2.45) is 5.84 Å². The smallest absolute Gasteiger partial charge is 0.259 e. The van der Waals surface area contributed by atoms with Gasteiger partial charge in [-0.05, 0) is 36.8 Å². The molecule has 1 heterocycles. The predicted octanol–water partition coefficient (Wildman–Crippen LogP) is 2.07. The summed E-state index contributed by atoms with van der Waals surface area (Å²) in [6.45, 7) is 1.63. The van der Waals surface area contributed by atoms with Crippen LogP contribution in [0.3, 0.4) is 0 Å². The lowest BCUT2D eigenvalue weighted by molar-refractivity contribution is 0.102. The number of nitrogens with two attached hydrogens (primary N) is 1. The Balaban J connectivity index is 2.23. The van der Waals surface area contributed by atoms with Crippen molar-refractivity contribution in [3.8, 4) is 0 Å². The van der Waals surface area contributed by atoms with Gasteiger partial charge in [-0.25, -0.2) is 4.39 Å². The molecule has 98 valence electrons. The second-order valence-electron chi connectivity index (χ2n) is 3.98. The van der Waals surface area contributed by atoms with Gasteiger partial charge in [-0.1, -0.05) is 0 Å². The van der Waals surface area contributed by atoms with E-state index in [1.807, 2.05) is 0 Å². The summed E-state index contributed by atoms with van der Waals surface area (Å²) in [5, 5.41) is 2.66. The molecule has 1 aromatic carbocycles. The van der Waals surface area contributed by atoms with Crippen LogP contribution in [0.4, 0.5) is 15.8 Å². The Labute approximate surface area is 109 Å². The lowest BCUT2D eigenvalue weighted by Gasteiger charge is -2.09. The first-order chi connectivity index (χ1) is 9.11. The summed E-state index contributed by atoms with van der Waals surface area (Å²) in [5.41, 5.74) is 4.17. The van der Waals surface area contributed by atoms with Crippen LogP contribution in [0.1, 0.15) is 15.9 Å². The number of carbonyl (C=O) groups excluding carboxylic acids is 1. The molecule has 0 spiro atoms. The maximum Gasteiger partial charge on any atom is 0.259 e. The minimum absolute atomic E-state index is 0.312. The topological polar surface area (TPSA) is 80.0 Å². The number of benzene rings is 1. The van der Waals surface area contributed by atoms with Crippen molar-refractivity contribution in [2.45, 2.75) is 6.92 Å². The molecule has 4 N–H and O–H groups in total. The molecule has 0 saturated carbocycles. The number of hydrogen-bond acceptors (Lipinski definition) is 4. The number of carbonyl (C=O) groups is 1. The zero-order valence-electron chi connectivity index (χ0n) is 10.3. The molecular formula is C13H13FN4O. The van der Waals surface area contributed by atoms with Crippen LogP contribution in [-0.2, 0) is 0 Å². The van der Waals surface area contributed by atoms with Crippen molar-refractivity contribution < 1.29 is 9.18 Å². The third kappa shape index (κ3) is 2.86. The second kappa shape index (κ2) is 5.45. The monoisotopic (exact) mass is 260 g/mol. The summed E-state index contributed by atoms with van der Waals surface area (Å²) in [6.07, 6.45) is 2.93. The maximum atomic E-state index is 13.1. The fourth-order valence-electron chi connectivity index (χ4n) is 1.62. The minimum Gasteiger partial charge on any atom is -0.323 e. The molecule has 5 nitrogen and oxygen atoms in total. The van der Waals surface area contributed by atoms with E-state index in [4.69, 9.17) is 5.84 Å². The molecule has 0 unspecified atom stereocenters. The van der Waals surface area contributed by atoms with Crippen molar-refractivity contribution in [1.29, 1.82) is 0 Å². The Morgan fingerprint density at radius 2 is 2.16 bits per heavy atom. The summed E-state index contributed by atoms with van der Waals surface area (Å²) < 4.78 is 13.1. The number of rotatable bonds is 3. The number of anilines is 2. The lowest BCUT2D eigenvalue weighted by Crippen LogP contribution is -2.17. The molecule has 0 bridgehead atoms. The summed E-state index contributed by atoms with van der Waals surface area (Å²) in [4.78, 5) is 15.9. The Morgan fingerprint density at radius 1 is 1.37 bits per heavy atom. The van der Waals surface area contributed by atoms with Crippen molar-refractivity contribution in [1.82, 2.24) is 4.98 Å². The Hall–Kier alpha value is -2.47. The number of aromatic nitrogens is 1. The van der Waals surface area contributed by atoms with Gasteiger partial charge < -0.3 is 10.7 Å². The van der Waals surface area contributed by atoms with E-state index in [-0.39, 0.29) is 11.7 Å². The molecule has 0 fully saturated rings. The molecule has 1 aromatic heterocycles. The average Bonchev–Trinajstić information content (AvgIpc) is 2.43. The zero-order chi connectivity index (χ0) is 13.8. The summed E-state index contributed by atoms with van der Waals surface area (Å²) in [7, 11) is 0. The number of nitrogens with zero attached hydrogens (tertiary/aromatic N) is 1. The standard InChI is InChI=1S/C13H13FN4O/c1-8-6-9(2-3-11(8)14)17-13(19)10-7-16-5-4-12(10)18-15/h2-7H,15H2,1H3,(H,16,18)(H,17,19). The van der Waals surface area contributed by atoms with Gasteiger partial charge in [0, 0.05) is 18.1 Å². The molecule has 1 amide bonds. The van der Waals surface area contributed by atoms with Crippen LogP contribution in [0.5, 0.6) is 0 Å². The van der Waals surface area contributed by atoms with Crippen LogP contribution in [0, 0.1) is 12.7 Å². The highest BCUT2D eigenvalue weighted by Gasteiger charge is 2.11. The first-order valence-corrected chi connectivity index (χ1v) is 5.60. The number of hydrogen-bond donors (Lipinski definition) is 3. The van der Waals surface area contributed by atoms with E-state index in [0.717, 1.165) is 0 Å². The third-order valence-corrected chi connectivity index (χ3v) is 2.64. The maximum absolute atomic E-state index is 13.1. The quantitative estimate of drug-likeness (QED) is 0.583. The van der Waals surface area contributed by atoms with E-state index < -0.39 is 0 Å². The van der Waals surface area contributed by atoms with Gasteiger partial charge in [0.1, 0.15) is 5.82 Å². The normalized spacial score (nSPS) is 10.1. The van der Waals surface area contributed by atoms with Gasteiger partial charge in [-0.3, -0.25) is 15.6 Å². The summed E-state index contributed by atoms with van der Waals surface area (Å²) in [5.74, 6) is 4.63. The number of aryl methyl sites for hydroxylation is 1. The number of nitrogens with one attached hydrogen (secondary N) is 2. The highest BCUT2D eigenvalue weighted by molar-refractivity contribution is 6.07. The molecular weight excluding hydrogens is 247 g/mol. The SMILES string of the molecule is Cc1cc(NC(=O)c2cnccc2NN)ccc1F. The molecule has 19 heavy (non-hydrogen) atoms. The fraction of sp³-hybridized carbons (Fsp3) is 0.0769. The molecule has 0 aliphatic carbocycles. The van der Waals surface area contributed by atoms with Gasteiger partial charge >= 0.3 is 0 Å². The Morgan fingerprint density at radius 3 is 2.84 bits per heavy atom. The average molecular weight is 260 g/mol. The van der Waals surface area contributed by atoms with Gasteiger partial charge in [0.15, 0.2) is 0 Å². The molecule has 2 aromatic rings. The number of pyridine rings is 1.